The lowest BCUT2D eigenvalue weighted by atomic mass is 10.0. The molecule has 1 N–H and O–H groups in total. The molecule has 0 saturated carbocycles. The third kappa shape index (κ3) is 18.8. The second-order valence-electron chi connectivity index (χ2n) is 8.35. The fourth-order valence-corrected chi connectivity index (χ4v) is 3.29. The standard InChI is InChI=1S/C25H43O4P/c1-21(2)11-8-12-23(5)13-9-14-24(6)15-10-16-25(7)18-20-29-30(26,27)28-19-17-22(3)4/h11,13,15,18H,3,8-10,12,14,16-17,19-20H2,1-2,4-7H3,(H,26,27)/b23-13+,24-15+,25-18+. The molecule has 0 bridgehead atoms. The second kappa shape index (κ2) is 16.5. The lowest BCUT2D eigenvalue weighted by molar-refractivity contribution is 0.162. The summed E-state index contributed by atoms with van der Waals surface area (Å²) in [7, 11) is -3.99. The maximum Gasteiger partial charge on any atom is 0.472 e. The van der Waals surface area contributed by atoms with Crippen molar-refractivity contribution in [2.75, 3.05) is 13.2 Å². The summed E-state index contributed by atoms with van der Waals surface area (Å²) < 4.78 is 21.6. The molecule has 0 radical (unpaired) electrons. The van der Waals surface area contributed by atoms with E-state index in [0.717, 1.165) is 49.7 Å². The molecule has 0 rings (SSSR count). The van der Waals surface area contributed by atoms with Gasteiger partial charge in [-0.1, -0.05) is 52.2 Å². The summed E-state index contributed by atoms with van der Waals surface area (Å²) in [5.74, 6) is 0. The Hall–Kier alpha value is -1.19. The maximum absolute atomic E-state index is 11.8. The number of hydrogen-bond donors (Lipinski definition) is 1. The van der Waals surface area contributed by atoms with Crippen molar-refractivity contribution in [3.8, 4) is 0 Å². The van der Waals surface area contributed by atoms with Crippen LogP contribution in [0.3, 0.4) is 0 Å². The topological polar surface area (TPSA) is 55.8 Å². The van der Waals surface area contributed by atoms with E-state index in [-0.39, 0.29) is 13.2 Å². The average Bonchev–Trinajstić information content (AvgIpc) is 2.60. The minimum Gasteiger partial charge on any atom is -0.302 e. The summed E-state index contributed by atoms with van der Waals surface area (Å²) in [5.41, 5.74) is 6.28. The smallest absolute Gasteiger partial charge is 0.302 e. The molecule has 0 amide bonds. The zero-order valence-corrected chi connectivity index (χ0v) is 20.9. The molecule has 0 aliphatic heterocycles. The van der Waals surface area contributed by atoms with Crippen molar-refractivity contribution >= 4 is 7.82 Å². The van der Waals surface area contributed by atoms with Crippen LogP contribution < -0.4 is 0 Å². The molecule has 172 valence electrons. The quantitative estimate of drug-likeness (QED) is 0.195. The lowest BCUT2D eigenvalue weighted by Gasteiger charge is -2.11. The Kier molecular flexibility index (Phi) is 15.8. The predicted octanol–water partition coefficient (Wildman–Crippen LogP) is 8.23. The molecule has 4 nitrogen and oxygen atoms in total. The Bertz CT molecular complexity index is 679. The maximum atomic E-state index is 11.8. The van der Waals surface area contributed by atoms with Gasteiger partial charge in [0.15, 0.2) is 0 Å². The van der Waals surface area contributed by atoms with Crippen molar-refractivity contribution in [1.29, 1.82) is 0 Å². The Morgan fingerprint density at radius 1 is 0.767 bits per heavy atom. The fourth-order valence-electron chi connectivity index (χ4n) is 2.63. The van der Waals surface area contributed by atoms with Crippen LogP contribution in [0.25, 0.3) is 0 Å². The summed E-state index contributed by atoms with van der Waals surface area (Å²) in [4.78, 5) is 9.62. The van der Waals surface area contributed by atoms with Gasteiger partial charge in [-0.3, -0.25) is 9.05 Å². The number of phosphoric acid groups is 1. The largest absolute Gasteiger partial charge is 0.472 e. The molecule has 5 heteroatoms. The predicted molar refractivity (Wildman–Crippen MR) is 130 cm³/mol. The van der Waals surface area contributed by atoms with E-state index in [0.29, 0.717) is 6.42 Å². The third-order valence-corrected chi connectivity index (χ3v) is 5.59. The van der Waals surface area contributed by atoms with Gasteiger partial charge in [-0.15, -0.1) is 6.58 Å². The summed E-state index contributed by atoms with van der Waals surface area (Å²) in [6.45, 7) is 16.5. The van der Waals surface area contributed by atoms with E-state index >= 15 is 0 Å². The van der Waals surface area contributed by atoms with Crippen LogP contribution in [0.1, 0.15) is 86.5 Å². The molecule has 0 fully saturated rings. The molecule has 0 spiro atoms. The van der Waals surface area contributed by atoms with E-state index in [1.807, 2.05) is 19.9 Å². The highest BCUT2D eigenvalue weighted by Gasteiger charge is 2.19. The van der Waals surface area contributed by atoms with Crippen molar-refractivity contribution < 1.29 is 18.5 Å². The number of hydrogen-bond acceptors (Lipinski definition) is 3. The Morgan fingerprint density at radius 3 is 1.70 bits per heavy atom. The van der Waals surface area contributed by atoms with Gasteiger partial charge >= 0.3 is 7.82 Å². The monoisotopic (exact) mass is 438 g/mol. The highest BCUT2D eigenvalue weighted by atomic mass is 31.2. The van der Waals surface area contributed by atoms with Crippen LogP contribution >= 0.6 is 7.82 Å². The van der Waals surface area contributed by atoms with Crippen molar-refractivity contribution in [2.24, 2.45) is 0 Å². The molecule has 0 aromatic rings. The Labute approximate surface area is 185 Å². The van der Waals surface area contributed by atoms with E-state index in [1.165, 1.54) is 16.7 Å². The minimum atomic E-state index is -3.99. The van der Waals surface area contributed by atoms with E-state index in [1.54, 1.807) is 0 Å². The van der Waals surface area contributed by atoms with Gasteiger partial charge in [-0.25, -0.2) is 4.57 Å². The van der Waals surface area contributed by atoms with Crippen LogP contribution in [0.15, 0.2) is 58.7 Å². The fraction of sp³-hybridized carbons (Fsp3) is 0.600. The zero-order chi connectivity index (χ0) is 23.0. The Morgan fingerprint density at radius 2 is 1.23 bits per heavy atom. The molecule has 1 unspecified atom stereocenters. The van der Waals surface area contributed by atoms with Gasteiger partial charge in [0.25, 0.3) is 0 Å². The van der Waals surface area contributed by atoms with Crippen LogP contribution in [0.2, 0.25) is 0 Å². The molecule has 0 aliphatic carbocycles. The average molecular weight is 439 g/mol. The molecule has 0 aromatic carbocycles. The first kappa shape index (κ1) is 28.8. The first-order valence-electron chi connectivity index (χ1n) is 10.9. The molecule has 0 heterocycles. The summed E-state index contributed by atoms with van der Waals surface area (Å²) >= 11 is 0. The van der Waals surface area contributed by atoms with E-state index in [2.05, 4.69) is 52.5 Å². The van der Waals surface area contributed by atoms with Gasteiger partial charge in [0, 0.05) is 0 Å². The normalized spacial score (nSPS) is 15.1. The highest BCUT2D eigenvalue weighted by Crippen LogP contribution is 2.43. The van der Waals surface area contributed by atoms with Crippen molar-refractivity contribution in [3.63, 3.8) is 0 Å². The van der Waals surface area contributed by atoms with Crippen molar-refractivity contribution in [3.05, 3.63) is 58.7 Å². The molecular weight excluding hydrogens is 395 g/mol. The minimum absolute atomic E-state index is 0.0756. The molecular formula is C25H43O4P. The van der Waals surface area contributed by atoms with Gasteiger partial charge in [0.2, 0.25) is 0 Å². The van der Waals surface area contributed by atoms with Gasteiger partial charge in [-0.05, 0) is 86.5 Å². The van der Waals surface area contributed by atoms with Crippen LogP contribution in [0, 0.1) is 0 Å². The van der Waals surface area contributed by atoms with Gasteiger partial charge in [0.1, 0.15) is 0 Å². The molecule has 30 heavy (non-hydrogen) atoms. The SMILES string of the molecule is C=C(C)CCOP(=O)(O)OC/C=C(\C)CC/C=C(\C)CC/C=C(\C)CCC=C(C)C. The van der Waals surface area contributed by atoms with Gasteiger partial charge in [0.05, 0.1) is 13.2 Å². The molecule has 1 atom stereocenters. The van der Waals surface area contributed by atoms with Crippen LogP contribution in [-0.2, 0) is 13.6 Å². The molecule has 0 aromatic heterocycles. The summed E-state index contributed by atoms with van der Waals surface area (Å²) in [6.07, 6.45) is 15.6. The van der Waals surface area contributed by atoms with Gasteiger partial charge < -0.3 is 4.89 Å². The van der Waals surface area contributed by atoms with Crippen LogP contribution in [-0.4, -0.2) is 18.1 Å². The number of rotatable bonds is 16. The van der Waals surface area contributed by atoms with E-state index < -0.39 is 7.82 Å². The zero-order valence-electron chi connectivity index (χ0n) is 20.0. The lowest BCUT2D eigenvalue weighted by Crippen LogP contribution is -1.98. The van der Waals surface area contributed by atoms with Crippen molar-refractivity contribution in [1.82, 2.24) is 0 Å². The highest BCUT2D eigenvalue weighted by molar-refractivity contribution is 7.47. The van der Waals surface area contributed by atoms with Crippen molar-refractivity contribution in [2.45, 2.75) is 86.5 Å². The van der Waals surface area contributed by atoms with Crippen LogP contribution in [0.5, 0.6) is 0 Å². The Balaban J connectivity index is 4.12. The van der Waals surface area contributed by atoms with Gasteiger partial charge in [-0.2, -0.15) is 0 Å². The molecule has 0 saturated heterocycles. The number of allylic oxidation sites excluding steroid dienone is 7. The van der Waals surface area contributed by atoms with E-state index in [4.69, 9.17) is 9.05 Å². The first-order chi connectivity index (χ1) is 14.0. The summed E-state index contributed by atoms with van der Waals surface area (Å²) in [6, 6.07) is 0. The third-order valence-electron chi connectivity index (χ3n) is 4.61. The van der Waals surface area contributed by atoms with Crippen LogP contribution in [0.4, 0.5) is 0 Å². The number of phosphoric ester groups is 1. The van der Waals surface area contributed by atoms with E-state index in [9.17, 15) is 9.46 Å². The summed E-state index contributed by atoms with van der Waals surface area (Å²) in [5, 5.41) is 0. The second-order valence-corrected chi connectivity index (χ2v) is 9.81. The first-order valence-corrected chi connectivity index (χ1v) is 12.4. The molecule has 0 aliphatic rings.